The Kier molecular flexibility index (Phi) is 4.26. The van der Waals surface area contributed by atoms with Crippen LogP contribution in [0.15, 0.2) is 11.7 Å². The Hall–Kier alpha value is -0.440. The summed E-state index contributed by atoms with van der Waals surface area (Å²) in [6.45, 7) is 8.94. The summed E-state index contributed by atoms with van der Waals surface area (Å²) in [6, 6.07) is 0.792. The van der Waals surface area contributed by atoms with E-state index >= 15 is 0 Å². The maximum Gasteiger partial charge on any atom is 0.270 e. The van der Waals surface area contributed by atoms with Crippen LogP contribution < -0.4 is 0 Å². The van der Waals surface area contributed by atoms with Crippen molar-refractivity contribution >= 4 is 0 Å². The van der Waals surface area contributed by atoms with Gasteiger partial charge in [0, 0.05) is 24.2 Å². The molecule has 1 heterocycles. The van der Waals surface area contributed by atoms with Crippen LogP contribution in [0.4, 0.5) is 8.78 Å². The van der Waals surface area contributed by atoms with Crippen molar-refractivity contribution in [2.24, 2.45) is 5.92 Å². The predicted molar refractivity (Wildman–Crippen MR) is 58.9 cm³/mol. The summed E-state index contributed by atoms with van der Waals surface area (Å²) in [4.78, 5) is 2.20. The summed E-state index contributed by atoms with van der Waals surface area (Å²) in [5.41, 5.74) is 0.334. The van der Waals surface area contributed by atoms with E-state index in [2.05, 4.69) is 32.6 Å². The van der Waals surface area contributed by atoms with Crippen molar-refractivity contribution in [2.75, 3.05) is 6.54 Å². The Balaban J connectivity index is 2.79. The molecule has 1 unspecified atom stereocenters. The second kappa shape index (κ2) is 5.06. The average molecular weight is 217 g/mol. The fourth-order valence-corrected chi connectivity index (χ4v) is 2.34. The quantitative estimate of drug-likeness (QED) is 0.682. The monoisotopic (exact) mass is 217 g/mol. The fraction of sp³-hybridized carbons (Fsp3) is 0.833. The standard InChI is InChI=1S/C12H21F2N/c1-8(2)11-6-5-10(12(13)14)7-15(11)9(3)4/h8-9,11H,5-7H2,1-4H3. The summed E-state index contributed by atoms with van der Waals surface area (Å²) in [7, 11) is 0. The summed E-state index contributed by atoms with van der Waals surface area (Å²) in [5.74, 6) is 0.539. The lowest BCUT2D eigenvalue weighted by atomic mass is 9.89. The van der Waals surface area contributed by atoms with Crippen LogP contribution in [-0.2, 0) is 0 Å². The van der Waals surface area contributed by atoms with Crippen molar-refractivity contribution in [3.8, 4) is 0 Å². The number of likely N-dealkylation sites (tertiary alicyclic amines) is 1. The van der Waals surface area contributed by atoms with Crippen LogP contribution >= 0.6 is 0 Å². The van der Waals surface area contributed by atoms with E-state index in [0.29, 0.717) is 36.5 Å². The van der Waals surface area contributed by atoms with Crippen molar-refractivity contribution < 1.29 is 8.78 Å². The van der Waals surface area contributed by atoms with Gasteiger partial charge in [0.2, 0.25) is 0 Å². The second-order valence-corrected chi connectivity index (χ2v) is 4.98. The molecule has 1 saturated heterocycles. The van der Waals surface area contributed by atoms with E-state index in [4.69, 9.17) is 0 Å². The maximum absolute atomic E-state index is 12.5. The van der Waals surface area contributed by atoms with Gasteiger partial charge in [-0.05, 0) is 32.6 Å². The van der Waals surface area contributed by atoms with Gasteiger partial charge in [-0.2, -0.15) is 8.78 Å². The number of piperidine rings is 1. The van der Waals surface area contributed by atoms with Gasteiger partial charge in [-0.25, -0.2) is 0 Å². The molecule has 0 N–H and O–H groups in total. The van der Waals surface area contributed by atoms with Crippen LogP contribution in [0, 0.1) is 5.92 Å². The van der Waals surface area contributed by atoms with E-state index in [-0.39, 0.29) is 0 Å². The third-order valence-corrected chi connectivity index (χ3v) is 3.24. The highest BCUT2D eigenvalue weighted by atomic mass is 19.3. The first-order valence-electron chi connectivity index (χ1n) is 5.72. The molecule has 1 aliphatic rings. The van der Waals surface area contributed by atoms with Gasteiger partial charge in [0.25, 0.3) is 6.08 Å². The van der Waals surface area contributed by atoms with Crippen molar-refractivity contribution in [3.05, 3.63) is 11.7 Å². The Morgan fingerprint density at radius 1 is 1.27 bits per heavy atom. The van der Waals surface area contributed by atoms with E-state index in [1.165, 1.54) is 0 Å². The van der Waals surface area contributed by atoms with Crippen LogP contribution in [0.2, 0.25) is 0 Å². The molecule has 1 fully saturated rings. The number of rotatable bonds is 2. The van der Waals surface area contributed by atoms with Gasteiger partial charge < -0.3 is 0 Å². The Morgan fingerprint density at radius 2 is 1.87 bits per heavy atom. The molecule has 0 saturated carbocycles. The summed E-state index contributed by atoms with van der Waals surface area (Å²) < 4.78 is 25.1. The zero-order valence-corrected chi connectivity index (χ0v) is 10.1. The van der Waals surface area contributed by atoms with Crippen LogP contribution in [-0.4, -0.2) is 23.5 Å². The smallest absolute Gasteiger partial charge is 0.270 e. The van der Waals surface area contributed by atoms with Crippen LogP contribution in [0.25, 0.3) is 0 Å². The first kappa shape index (κ1) is 12.6. The van der Waals surface area contributed by atoms with Crippen LogP contribution in [0.3, 0.4) is 0 Å². The highest BCUT2D eigenvalue weighted by Gasteiger charge is 2.30. The minimum atomic E-state index is -1.47. The normalized spacial score (nSPS) is 24.0. The van der Waals surface area contributed by atoms with Gasteiger partial charge in [0.15, 0.2) is 0 Å². The lowest BCUT2D eigenvalue weighted by molar-refractivity contribution is 0.0999. The average Bonchev–Trinajstić information content (AvgIpc) is 2.16. The van der Waals surface area contributed by atoms with Crippen LogP contribution in [0.5, 0.6) is 0 Å². The first-order valence-corrected chi connectivity index (χ1v) is 5.72. The minimum absolute atomic E-state index is 0.334. The second-order valence-electron chi connectivity index (χ2n) is 4.98. The van der Waals surface area contributed by atoms with Gasteiger partial charge in [0.05, 0.1) is 0 Å². The van der Waals surface area contributed by atoms with Gasteiger partial charge in [-0.1, -0.05) is 13.8 Å². The van der Waals surface area contributed by atoms with E-state index in [1.54, 1.807) is 0 Å². The lowest BCUT2D eigenvalue weighted by Gasteiger charge is -2.41. The topological polar surface area (TPSA) is 3.24 Å². The zero-order chi connectivity index (χ0) is 11.6. The summed E-state index contributed by atoms with van der Waals surface area (Å²) in [5, 5.41) is 0. The SMILES string of the molecule is CC(C)C1CCC(=C(F)F)CN1C(C)C. The molecule has 1 rings (SSSR count). The predicted octanol–water partition coefficient (Wildman–Crippen LogP) is 3.67. The molecule has 1 nitrogen and oxygen atoms in total. The molecule has 0 aliphatic carbocycles. The third-order valence-electron chi connectivity index (χ3n) is 3.24. The summed E-state index contributed by atoms with van der Waals surface area (Å²) >= 11 is 0. The molecule has 3 heteroatoms. The van der Waals surface area contributed by atoms with E-state index in [0.717, 1.165) is 6.42 Å². The van der Waals surface area contributed by atoms with Gasteiger partial charge in [-0.3, -0.25) is 4.90 Å². The van der Waals surface area contributed by atoms with Crippen molar-refractivity contribution in [3.63, 3.8) is 0 Å². The number of halogens is 2. The molecule has 1 aliphatic heterocycles. The highest BCUT2D eigenvalue weighted by Crippen LogP contribution is 2.30. The van der Waals surface area contributed by atoms with E-state index in [9.17, 15) is 8.78 Å². The molecule has 1 atom stereocenters. The fourth-order valence-electron chi connectivity index (χ4n) is 2.34. The molecule has 0 aromatic carbocycles. The van der Waals surface area contributed by atoms with Crippen molar-refractivity contribution in [1.82, 2.24) is 4.90 Å². The first-order chi connectivity index (χ1) is 6.93. The summed E-state index contributed by atoms with van der Waals surface area (Å²) in [6.07, 6.45) is -0.0421. The molecular weight excluding hydrogens is 196 g/mol. The molecule has 0 amide bonds. The molecule has 15 heavy (non-hydrogen) atoms. The number of hydrogen-bond acceptors (Lipinski definition) is 1. The Morgan fingerprint density at radius 3 is 2.27 bits per heavy atom. The molecule has 0 bridgehead atoms. The minimum Gasteiger partial charge on any atom is -0.294 e. The third kappa shape index (κ3) is 3.00. The van der Waals surface area contributed by atoms with Gasteiger partial charge >= 0.3 is 0 Å². The Bertz CT molecular complexity index is 242. The molecule has 88 valence electrons. The van der Waals surface area contributed by atoms with Crippen LogP contribution in [0.1, 0.15) is 40.5 Å². The van der Waals surface area contributed by atoms with Crippen molar-refractivity contribution in [2.45, 2.75) is 52.6 Å². The number of hydrogen-bond donors (Lipinski definition) is 0. The maximum atomic E-state index is 12.5. The highest BCUT2D eigenvalue weighted by molar-refractivity contribution is 5.10. The lowest BCUT2D eigenvalue weighted by Crippen LogP contribution is -2.47. The van der Waals surface area contributed by atoms with Crippen molar-refractivity contribution in [1.29, 1.82) is 0 Å². The largest absolute Gasteiger partial charge is 0.294 e. The van der Waals surface area contributed by atoms with E-state index < -0.39 is 6.08 Å². The molecule has 0 spiro atoms. The Labute approximate surface area is 91.1 Å². The van der Waals surface area contributed by atoms with E-state index in [1.807, 2.05) is 0 Å². The molecular formula is C12H21F2N. The number of nitrogens with zero attached hydrogens (tertiary/aromatic N) is 1. The molecule has 0 aromatic rings. The zero-order valence-electron chi connectivity index (χ0n) is 10.1. The molecule has 0 aromatic heterocycles. The van der Waals surface area contributed by atoms with Gasteiger partial charge in [-0.15, -0.1) is 0 Å². The van der Waals surface area contributed by atoms with Gasteiger partial charge in [0.1, 0.15) is 0 Å². The molecule has 0 radical (unpaired) electrons.